The molecule has 1 aromatic carbocycles. The van der Waals surface area contributed by atoms with Crippen LogP contribution in [-0.2, 0) is 17.8 Å². The van der Waals surface area contributed by atoms with Crippen LogP contribution in [0.3, 0.4) is 0 Å². The van der Waals surface area contributed by atoms with Crippen molar-refractivity contribution in [2.24, 2.45) is 0 Å². The molecule has 0 spiro atoms. The number of carbonyl (C=O) groups excluding carboxylic acids is 2. The summed E-state index contributed by atoms with van der Waals surface area (Å²) in [5, 5.41) is 4.10. The van der Waals surface area contributed by atoms with Crippen molar-refractivity contribution < 1.29 is 23.6 Å². The number of carbonyl (C=O) groups is 2. The van der Waals surface area contributed by atoms with Gasteiger partial charge in [-0.25, -0.2) is 0 Å². The second-order valence-corrected chi connectivity index (χ2v) is 9.54. The average Bonchev–Trinajstić information content (AvgIpc) is 3.38. The van der Waals surface area contributed by atoms with Gasteiger partial charge >= 0.3 is 0 Å². The molecular formula is C26H38ClN5O5. The van der Waals surface area contributed by atoms with Crippen LogP contribution in [0.25, 0.3) is 0 Å². The maximum Gasteiger partial charge on any atom is 0.257 e. The van der Waals surface area contributed by atoms with Gasteiger partial charge in [-0.3, -0.25) is 14.5 Å². The van der Waals surface area contributed by atoms with Crippen molar-refractivity contribution >= 4 is 24.2 Å². The number of aryl methyl sites for hydroxylation is 1. The van der Waals surface area contributed by atoms with Crippen molar-refractivity contribution in [3.05, 3.63) is 35.5 Å². The Morgan fingerprint density at radius 3 is 2.49 bits per heavy atom. The summed E-state index contributed by atoms with van der Waals surface area (Å²) in [6, 6.07) is 5.59. The van der Waals surface area contributed by atoms with Gasteiger partial charge in [0.15, 0.2) is 5.82 Å². The number of hydrogen-bond acceptors (Lipinski definition) is 8. The van der Waals surface area contributed by atoms with Crippen LogP contribution in [0.4, 0.5) is 0 Å². The number of aromatic nitrogens is 2. The van der Waals surface area contributed by atoms with Gasteiger partial charge in [-0.1, -0.05) is 24.4 Å². The summed E-state index contributed by atoms with van der Waals surface area (Å²) in [6.07, 6.45) is 6.70. The van der Waals surface area contributed by atoms with E-state index in [1.54, 1.807) is 32.4 Å². The number of ether oxygens (including phenoxy) is 2. The van der Waals surface area contributed by atoms with E-state index in [0.717, 1.165) is 12.8 Å². The van der Waals surface area contributed by atoms with Gasteiger partial charge in [0.05, 0.1) is 26.3 Å². The molecule has 2 amide bonds. The Bertz CT molecular complexity index is 1030. The summed E-state index contributed by atoms with van der Waals surface area (Å²) in [6.45, 7) is 3.16. The summed E-state index contributed by atoms with van der Waals surface area (Å²) in [4.78, 5) is 36.0. The Labute approximate surface area is 224 Å². The molecule has 2 aromatic rings. The standard InChI is InChI=1S/C26H37N5O5.ClH/c1-29(19-7-5-4-6-8-19)25(32)12-11-24-27-23(28-36-24)18-30-13-15-31(16-14-30)26(33)21-10-9-20(34-2)17-22(21)35-3;/h9-10,17,19H,4-8,11-16,18H2,1-3H3;1H. The van der Waals surface area contributed by atoms with Gasteiger partial charge in [0.1, 0.15) is 11.5 Å². The molecule has 2 heterocycles. The Balaban J connectivity index is 0.00000380. The third-order valence-electron chi connectivity index (χ3n) is 7.24. The Morgan fingerprint density at radius 2 is 1.81 bits per heavy atom. The van der Waals surface area contributed by atoms with Crippen molar-refractivity contribution in [3.63, 3.8) is 0 Å². The largest absolute Gasteiger partial charge is 0.497 e. The molecule has 10 nitrogen and oxygen atoms in total. The molecule has 0 bridgehead atoms. The van der Waals surface area contributed by atoms with E-state index in [1.807, 2.05) is 16.8 Å². The van der Waals surface area contributed by atoms with E-state index in [1.165, 1.54) is 19.3 Å². The fraction of sp³-hybridized carbons (Fsp3) is 0.615. The zero-order valence-corrected chi connectivity index (χ0v) is 22.8. The van der Waals surface area contributed by atoms with Crippen LogP contribution in [0.2, 0.25) is 0 Å². The maximum absolute atomic E-state index is 13.0. The zero-order valence-electron chi connectivity index (χ0n) is 22.0. The predicted octanol–water partition coefficient (Wildman–Crippen LogP) is 3.19. The number of halogens is 1. The lowest BCUT2D eigenvalue weighted by Crippen LogP contribution is -2.48. The summed E-state index contributed by atoms with van der Waals surface area (Å²) < 4.78 is 16.0. The van der Waals surface area contributed by atoms with Crippen molar-refractivity contribution in [2.45, 2.75) is 57.5 Å². The van der Waals surface area contributed by atoms with E-state index in [0.29, 0.717) is 80.4 Å². The Morgan fingerprint density at radius 1 is 1.08 bits per heavy atom. The molecular weight excluding hydrogens is 498 g/mol. The first-order valence-corrected chi connectivity index (χ1v) is 12.8. The minimum atomic E-state index is -0.0566. The molecule has 0 N–H and O–H groups in total. The quantitative estimate of drug-likeness (QED) is 0.482. The van der Waals surface area contributed by atoms with Gasteiger partial charge in [-0.15, -0.1) is 12.4 Å². The third-order valence-corrected chi connectivity index (χ3v) is 7.24. The predicted molar refractivity (Wildman–Crippen MR) is 140 cm³/mol. The van der Waals surface area contributed by atoms with Crippen LogP contribution in [0, 0.1) is 0 Å². The molecule has 1 aliphatic heterocycles. The van der Waals surface area contributed by atoms with Crippen molar-refractivity contribution in [1.82, 2.24) is 24.8 Å². The summed E-state index contributed by atoms with van der Waals surface area (Å²) in [5.74, 6) is 2.33. The second-order valence-electron chi connectivity index (χ2n) is 9.54. The molecule has 1 saturated heterocycles. The van der Waals surface area contributed by atoms with Crippen LogP contribution in [0.5, 0.6) is 11.5 Å². The van der Waals surface area contributed by atoms with Crippen LogP contribution in [0.1, 0.15) is 60.6 Å². The van der Waals surface area contributed by atoms with Gasteiger partial charge in [0, 0.05) is 58.2 Å². The number of amides is 2. The second kappa shape index (κ2) is 13.6. The molecule has 0 radical (unpaired) electrons. The number of rotatable bonds is 9. The van der Waals surface area contributed by atoms with E-state index < -0.39 is 0 Å². The monoisotopic (exact) mass is 535 g/mol. The summed E-state index contributed by atoms with van der Waals surface area (Å²) >= 11 is 0. The van der Waals surface area contributed by atoms with Gasteiger partial charge in [-0.05, 0) is 25.0 Å². The topological polar surface area (TPSA) is 101 Å². The molecule has 4 rings (SSSR count). The maximum atomic E-state index is 13.0. The number of methoxy groups -OCH3 is 2. The molecule has 204 valence electrons. The fourth-order valence-electron chi connectivity index (χ4n) is 4.97. The van der Waals surface area contributed by atoms with E-state index >= 15 is 0 Å². The van der Waals surface area contributed by atoms with Crippen molar-refractivity contribution in [3.8, 4) is 11.5 Å². The first-order chi connectivity index (χ1) is 17.5. The third kappa shape index (κ3) is 7.35. The number of benzene rings is 1. The van der Waals surface area contributed by atoms with Crippen LogP contribution < -0.4 is 9.47 Å². The molecule has 2 aliphatic rings. The number of piperazine rings is 1. The highest BCUT2D eigenvalue weighted by Crippen LogP contribution is 2.26. The smallest absolute Gasteiger partial charge is 0.257 e. The van der Waals surface area contributed by atoms with E-state index in [9.17, 15) is 9.59 Å². The first-order valence-electron chi connectivity index (χ1n) is 12.8. The Hall–Kier alpha value is -2.85. The number of hydrogen-bond donors (Lipinski definition) is 0. The van der Waals surface area contributed by atoms with Gasteiger partial charge in [-0.2, -0.15) is 4.98 Å². The van der Waals surface area contributed by atoms with Crippen molar-refractivity contribution in [1.29, 1.82) is 0 Å². The highest BCUT2D eigenvalue weighted by molar-refractivity contribution is 5.97. The fourth-order valence-corrected chi connectivity index (χ4v) is 4.97. The van der Waals surface area contributed by atoms with Gasteiger partial charge in [0.25, 0.3) is 5.91 Å². The van der Waals surface area contributed by atoms with Crippen molar-refractivity contribution in [2.75, 3.05) is 47.4 Å². The Kier molecular flexibility index (Phi) is 10.6. The highest BCUT2D eigenvalue weighted by atomic mass is 35.5. The molecule has 37 heavy (non-hydrogen) atoms. The lowest BCUT2D eigenvalue weighted by Gasteiger charge is -2.34. The van der Waals surface area contributed by atoms with E-state index in [2.05, 4.69) is 15.0 Å². The minimum absolute atomic E-state index is 0. The highest BCUT2D eigenvalue weighted by Gasteiger charge is 2.26. The van der Waals surface area contributed by atoms with Crippen LogP contribution >= 0.6 is 12.4 Å². The first kappa shape index (κ1) is 28.7. The van der Waals surface area contributed by atoms with Gasteiger partial charge < -0.3 is 23.8 Å². The van der Waals surface area contributed by atoms with E-state index in [-0.39, 0.29) is 24.2 Å². The summed E-state index contributed by atoms with van der Waals surface area (Å²) in [7, 11) is 5.04. The van der Waals surface area contributed by atoms with Gasteiger partial charge in [0.2, 0.25) is 11.8 Å². The van der Waals surface area contributed by atoms with Crippen LogP contribution in [-0.4, -0.2) is 90.1 Å². The molecule has 1 aliphatic carbocycles. The average molecular weight is 536 g/mol. The number of nitrogens with zero attached hydrogens (tertiary/aromatic N) is 5. The minimum Gasteiger partial charge on any atom is -0.497 e. The SMILES string of the molecule is COc1ccc(C(=O)N2CCN(Cc3noc(CCC(=O)N(C)C4CCCCC4)n3)CC2)c(OC)c1.Cl. The molecule has 1 aromatic heterocycles. The lowest BCUT2D eigenvalue weighted by atomic mass is 9.94. The van der Waals surface area contributed by atoms with E-state index in [4.69, 9.17) is 14.0 Å². The molecule has 0 unspecified atom stereocenters. The molecule has 0 atom stereocenters. The van der Waals surface area contributed by atoms with Crippen LogP contribution in [0.15, 0.2) is 22.7 Å². The molecule has 2 fully saturated rings. The zero-order chi connectivity index (χ0) is 25.5. The lowest BCUT2D eigenvalue weighted by molar-refractivity contribution is -0.132. The molecule has 11 heteroatoms. The summed E-state index contributed by atoms with van der Waals surface area (Å²) in [5.41, 5.74) is 0.526. The molecule has 1 saturated carbocycles. The normalized spacial score (nSPS) is 16.7.